The molecule has 1 aromatic carbocycles. The first kappa shape index (κ1) is 19.3. The first-order chi connectivity index (χ1) is 8.74. The molecule has 1 heterocycles. The maximum Gasteiger partial charge on any atom is 0.163 e. The highest BCUT2D eigenvalue weighted by molar-refractivity contribution is 5.85. The van der Waals surface area contributed by atoms with E-state index in [0.717, 1.165) is 32.2 Å². The van der Waals surface area contributed by atoms with Gasteiger partial charge in [0.1, 0.15) is 0 Å². The molecule has 1 aliphatic rings. The summed E-state index contributed by atoms with van der Waals surface area (Å²) in [7, 11) is 0. The van der Waals surface area contributed by atoms with Crippen LogP contribution in [0, 0.1) is 11.6 Å². The summed E-state index contributed by atoms with van der Waals surface area (Å²) < 4.78 is 27.2. The van der Waals surface area contributed by atoms with Crippen molar-refractivity contribution in [2.75, 3.05) is 26.2 Å². The van der Waals surface area contributed by atoms with Gasteiger partial charge in [0.25, 0.3) is 0 Å². The predicted octanol–water partition coefficient (Wildman–Crippen LogP) is 3.33. The number of piperazine rings is 1. The topological polar surface area (TPSA) is 15.3 Å². The Morgan fingerprint density at radius 3 is 2.50 bits per heavy atom. The van der Waals surface area contributed by atoms with E-state index in [1.165, 1.54) is 0 Å². The molecular formula is C14H20Cl2F2N2. The lowest BCUT2D eigenvalue weighted by Gasteiger charge is -2.34. The molecule has 2 rings (SSSR count). The molecule has 0 aromatic heterocycles. The quantitative estimate of drug-likeness (QED) is 0.854. The van der Waals surface area contributed by atoms with Crippen molar-refractivity contribution in [1.29, 1.82) is 0 Å². The van der Waals surface area contributed by atoms with Gasteiger partial charge in [-0.1, -0.05) is 18.2 Å². The van der Waals surface area contributed by atoms with Crippen molar-refractivity contribution in [3.8, 4) is 0 Å². The van der Waals surface area contributed by atoms with Gasteiger partial charge in [0.05, 0.1) is 0 Å². The third-order valence-corrected chi connectivity index (χ3v) is 3.32. The summed E-state index contributed by atoms with van der Waals surface area (Å²) in [6.07, 6.45) is 2.39. The van der Waals surface area contributed by atoms with Gasteiger partial charge in [0, 0.05) is 37.8 Å². The minimum atomic E-state index is -0.781. The third-order valence-electron chi connectivity index (χ3n) is 3.32. The van der Waals surface area contributed by atoms with E-state index in [0.29, 0.717) is 12.0 Å². The molecule has 20 heavy (non-hydrogen) atoms. The number of nitrogens with zero attached hydrogens (tertiary/aromatic N) is 1. The van der Waals surface area contributed by atoms with Crippen LogP contribution in [-0.2, 0) is 0 Å². The maximum atomic E-state index is 13.9. The Labute approximate surface area is 131 Å². The first-order valence-corrected chi connectivity index (χ1v) is 6.23. The van der Waals surface area contributed by atoms with Crippen LogP contribution in [-0.4, -0.2) is 31.1 Å². The molecule has 1 aliphatic heterocycles. The molecule has 114 valence electrons. The van der Waals surface area contributed by atoms with Crippen molar-refractivity contribution in [2.24, 2.45) is 0 Å². The van der Waals surface area contributed by atoms with E-state index in [4.69, 9.17) is 0 Å². The van der Waals surface area contributed by atoms with Gasteiger partial charge in [0.15, 0.2) is 11.6 Å². The third kappa shape index (κ3) is 4.42. The van der Waals surface area contributed by atoms with Crippen LogP contribution in [0.25, 0.3) is 0 Å². The van der Waals surface area contributed by atoms with E-state index < -0.39 is 11.6 Å². The van der Waals surface area contributed by atoms with Crippen LogP contribution in [0.5, 0.6) is 0 Å². The molecule has 1 fully saturated rings. The zero-order chi connectivity index (χ0) is 13.0. The molecule has 0 radical (unpaired) electrons. The Balaban J connectivity index is 0.00000180. The highest BCUT2D eigenvalue weighted by atomic mass is 35.5. The van der Waals surface area contributed by atoms with E-state index in [1.807, 2.05) is 0 Å². The molecular weight excluding hydrogens is 305 g/mol. The van der Waals surface area contributed by atoms with Crippen molar-refractivity contribution in [2.45, 2.75) is 12.5 Å². The summed E-state index contributed by atoms with van der Waals surface area (Å²) in [5.74, 6) is -1.51. The van der Waals surface area contributed by atoms with Crippen molar-refractivity contribution >= 4 is 24.8 Å². The van der Waals surface area contributed by atoms with E-state index >= 15 is 0 Å². The van der Waals surface area contributed by atoms with E-state index in [2.05, 4.69) is 16.8 Å². The molecule has 0 bridgehead atoms. The molecule has 0 aliphatic carbocycles. The monoisotopic (exact) mass is 324 g/mol. The lowest BCUT2D eigenvalue weighted by molar-refractivity contribution is 0.170. The van der Waals surface area contributed by atoms with Crippen molar-refractivity contribution < 1.29 is 8.78 Å². The average Bonchev–Trinajstić information content (AvgIpc) is 2.41. The van der Waals surface area contributed by atoms with Gasteiger partial charge >= 0.3 is 0 Å². The summed E-state index contributed by atoms with van der Waals surface area (Å²) in [6.45, 7) is 7.16. The lowest BCUT2D eigenvalue weighted by Crippen LogP contribution is -2.45. The number of halogens is 4. The predicted molar refractivity (Wildman–Crippen MR) is 82.9 cm³/mol. The van der Waals surface area contributed by atoms with Crippen LogP contribution in [0.1, 0.15) is 18.0 Å². The molecule has 0 unspecified atom stereocenters. The fourth-order valence-corrected chi connectivity index (χ4v) is 2.40. The van der Waals surface area contributed by atoms with Crippen LogP contribution in [0.4, 0.5) is 8.78 Å². The van der Waals surface area contributed by atoms with Crippen LogP contribution in [0.2, 0.25) is 0 Å². The Kier molecular flexibility index (Phi) is 8.98. The molecule has 1 saturated heterocycles. The largest absolute Gasteiger partial charge is 0.314 e. The molecule has 1 aromatic rings. The number of nitrogens with one attached hydrogen (secondary N) is 1. The van der Waals surface area contributed by atoms with Crippen molar-refractivity contribution in [3.05, 3.63) is 48.1 Å². The molecule has 0 spiro atoms. The van der Waals surface area contributed by atoms with E-state index in [-0.39, 0.29) is 30.9 Å². The minimum Gasteiger partial charge on any atom is -0.314 e. The normalized spacial score (nSPS) is 16.7. The molecule has 0 amide bonds. The zero-order valence-electron chi connectivity index (χ0n) is 11.1. The lowest BCUT2D eigenvalue weighted by atomic mass is 10.0. The fourth-order valence-electron chi connectivity index (χ4n) is 2.40. The summed E-state index contributed by atoms with van der Waals surface area (Å²) in [6, 6.07) is 4.25. The highest BCUT2D eigenvalue weighted by Gasteiger charge is 2.24. The second-order valence-electron chi connectivity index (χ2n) is 4.47. The van der Waals surface area contributed by atoms with Gasteiger partial charge in [-0.15, -0.1) is 31.4 Å². The van der Waals surface area contributed by atoms with Crippen molar-refractivity contribution in [3.63, 3.8) is 0 Å². The van der Waals surface area contributed by atoms with Gasteiger partial charge in [0.2, 0.25) is 0 Å². The summed E-state index contributed by atoms with van der Waals surface area (Å²) in [5, 5.41) is 3.25. The van der Waals surface area contributed by atoms with Gasteiger partial charge in [-0.25, -0.2) is 8.78 Å². The van der Waals surface area contributed by atoms with Crippen LogP contribution in [0.3, 0.4) is 0 Å². The Morgan fingerprint density at radius 2 is 1.90 bits per heavy atom. The maximum absolute atomic E-state index is 13.9. The van der Waals surface area contributed by atoms with Gasteiger partial charge in [-0.05, 0) is 12.5 Å². The van der Waals surface area contributed by atoms with Crippen LogP contribution >= 0.6 is 24.8 Å². The Hall–Kier alpha value is -0.680. The zero-order valence-corrected chi connectivity index (χ0v) is 12.8. The summed E-state index contributed by atoms with van der Waals surface area (Å²) >= 11 is 0. The van der Waals surface area contributed by atoms with E-state index in [9.17, 15) is 8.78 Å². The van der Waals surface area contributed by atoms with E-state index in [1.54, 1.807) is 18.2 Å². The Bertz CT molecular complexity index is 424. The minimum absolute atomic E-state index is 0. The first-order valence-electron chi connectivity index (χ1n) is 6.23. The van der Waals surface area contributed by atoms with Crippen LogP contribution < -0.4 is 5.32 Å². The fraction of sp³-hybridized carbons (Fsp3) is 0.429. The Morgan fingerprint density at radius 1 is 1.25 bits per heavy atom. The molecule has 0 saturated carbocycles. The molecule has 1 N–H and O–H groups in total. The van der Waals surface area contributed by atoms with Gasteiger partial charge in [-0.2, -0.15) is 0 Å². The smallest absolute Gasteiger partial charge is 0.163 e. The summed E-state index contributed by atoms with van der Waals surface area (Å²) in [4.78, 5) is 2.18. The standard InChI is InChI=1S/C14H18F2N2.2ClH/c1-2-4-13(18-9-7-17-8-10-18)11-5-3-6-12(15)14(11)16;;/h2-3,5-6,13,17H,1,4,7-10H2;2*1H/t13-;;/m1../s1. The molecule has 1 atom stereocenters. The molecule has 6 heteroatoms. The van der Waals surface area contributed by atoms with Gasteiger partial charge in [-0.3, -0.25) is 4.90 Å². The number of hydrogen-bond donors (Lipinski definition) is 1. The highest BCUT2D eigenvalue weighted by Crippen LogP contribution is 2.28. The number of hydrogen-bond acceptors (Lipinski definition) is 2. The van der Waals surface area contributed by atoms with Crippen molar-refractivity contribution in [1.82, 2.24) is 10.2 Å². The number of rotatable bonds is 4. The second-order valence-corrected chi connectivity index (χ2v) is 4.47. The average molecular weight is 325 g/mol. The number of benzene rings is 1. The second kappa shape index (κ2) is 9.29. The molecule has 2 nitrogen and oxygen atoms in total. The SMILES string of the molecule is C=CC[C@H](c1cccc(F)c1F)N1CCNCC1.Cl.Cl. The summed E-state index contributed by atoms with van der Waals surface area (Å²) in [5.41, 5.74) is 0.428. The van der Waals surface area contributed by atoms with Crippen LogP contribution in [0.15, 0.2) is 30.9 Å². The van der Waals surface area contributed by atoms with Gasteiger partial charge < -0.3 is 5.32 Å².